The normalized spacial score (nSPS) is 14.6. The number of rotatable bonds is 18. The van der Waals surface area contributed by atoms with Crippen LogP contribution in [0.4, 0.5) is 0 Å². The Balaban J connectivity index is 1.15. The summed E-state index contributed by atoms with van der Waals surface area (Å²) in [6, 6.07) is 59.0. The number of hydrogen-bond donors (Lipinski definition) is 1. The monoisotopic (exact) mass is 1400 g/mol. The lowest BCUT2D eigenvalue weighted by Crippen LogP contribution is -2.22. The van der Waals surface area contributed by atoms with E-state index in [0.717, 1.165) is 230 Å². The highest BCUT2D eigenvalue weighted by atomic mass is 79.9. The molecule has 12 aromatic rings. The van der Waals surface area contributed by atoms with Crippen LogP contribution in [0.1, 0.15) is 150 Å². The summed E-state index contributed by atoms with van der Waals surface area (Å²) < 4.78 is 68.3. The summed E-state index contributed by atoms with van der Waals surface area (Å²) in [6.07, 6.45) is 9.23. The molecular weight excluding hydrogens is 1310 g/mol. The van der Waals surface area contributed by atoms with Gasteiger partial charge in [-0.25, -0.2) is 9.13 Å². The highest BCUT2D eigenvalue weighted by Gasteiger charge is 2.50. The van der Waals surface area contributed by atoms with Gasteiger partial charge in [0.2, 0.25) is 0 Å². The van der Waals surface area contributed by atoms with Crippen LogP contribution >= 0.6 is 31.4 Å². The van der Waals surface area contributed by atoms with Gasteiger partial charge in [0, 0.05) is 49.0 Å². The highest BCUT2D eigenvalue weighted by molar-refractivity contribution is 9.10. The molecule has 1 atom stereocenters. The number of halogens is 1. The predicted octanol–water partition coefficient (Wildman–Crippen LogP) is 25.9. The summed E-state index contributed by atoms with van der Waals surface area (Å²) in [4.78, 5) is 3.29. The van der Waals surface area contributed by atoms with Crippen LogP contribution in [-0.4, -0.2) is 0 Å². The van der Waals surface area contributed by atoms with Gasteiger partial charge in [-0.1, -0.05) is 231 Å². The van der Waals surface area contributed by atoms with E-state index < -0.39 is 15.5 Å². The van der Waals surface area contributed by atoms with Crippen molar-refractivity contribution in [1.29, 1.82) is 0 Å². The van der Waals surface area contributed by atoms with E-state index >= 15 is 9.13 Å². The molecule has 2 heterocycles. The van der Waals surface area contributed by atoms with Gasteiger partial charge in [-0.15, -0.1) is 0 Å². The average molecular weight is 1400 g/mol. The van der Waals surface area contributed by atoms with Crippen LogP contribution < -0.4 is 23.0 Å². The first kappa shape index (κ1) is 67.0. The molecule has 498 valence electrons. The Hall–Kier alpha value is -8.22. The second-order valence-electron chi connectivity index (χ2n) is 26.4. The fraction of sp³-hybridized carbons (Fsp3) is 0.273. The molecule has 0 saturated heterocycles. The zero-order chi connectivity index (χ0) is 68.5. The van der Waals surface area contributed by atoms with Crippen LogP contribution in [0.2, 0.25) is 0 Å². The highest BCUT2D eigenvalue weighted by Crippen LogP contribution is 2.69. The molecule has 7 nitrogen and oxygen atoms in total. The first-order valence-corrected chi connectivity index (χ1v) is 39.8. The zero-order valence-electron chi connectivity index (χ0n) is 58.8. The maximum atomic E-state index is 18.3. The van der Waals surface area contributed by atoms with Crippen LogP contribution in [0.25, 0.3) is 110 Å². The predicted molar refractivity (Wildman–Crippen MR) is 417 cm³/mol. The van der Waals surface area contributed by atoms with Crippen molar-refractivity contribution in [2.75, 3.05) is 0 Å². The van der Waals surface area contributed by atoms with Gasteiger partial charge >= 0.3 is 15.5 Å². The van der Waals surface area contributed by atoms with E-state index in [1.807, 2.05) is 0 Å². The summed E-state index contributed by atoms with van der Waals surface area (Å²) in [5.74, 6) is 1.38. The molecule has 0 radical (unpaired) electrons. The Bertz CT molecular complexity index is 5080. The molecule has 12 aromatic carbocycles. The molecule has 0 bridgehead atoms. The third-order valence-corrected chi connectivity index (χ3v) is 25.0. The van der Waals surface area contributed by atoms with E-state index in [4.69, 9.17) is 18.1 Å². The number of fused-ring (bicyclic) bond motifs is 14. The lowest BCUT2D eigenvalue weighted by Gasteiger charge is -2.27. The van der Waals surface area contributed by atoms with Crippen molar-refractivity contribution in [2.24, 2.45) is 0 Å². The third kappa shape index (κ3) is 11.5. The molecule has 2 aliphatic rings. The summed E-state index contributed by atoms with van der Waals surface area (Å²) in [7, 11) is -10.4. The molecule has 10 heteroatoms. The summed E-state index contributed by atoms with van der Waals surface area (Å²) in [5.41, 5.74) is 24.0. The van der Waals surface area contributed by atoms with E-state index in [1.165, 1.54) is 22.3 Å². The van der Waals surface area contributed by atoms with Gasteiger partial charge in [0.15, 0.2) is 0 Å². The Morgan fingerprint density at radius 1 is 0.276 bits per heavy atom. The van der Waals surface area contributed by atoms with Gasteiger partial charge in [-0.2, -0.15) is 0 Å². The number of nitrogens with one attached hydrogen (secondary N) is 1. The smallest absolute Gasteiger partial charge is 0.403 e. The van der Waals surface area contributed by atoms with Gasteiger partial charge in [-0.3, -0.25) is 0 Å². The molecule has 14 rings (SSSR count). The van der Waals surface area contributed by atoms with Gasteiger partial charge < -0.3 is 18.1 Å². The van der Waals surface area contributed by atoms with E-state index in [-0.39, 0.29) is 0 Å². The van der Waals surface area contributed by atoms with Crippen molar-refractivity contribution < 1.29 is 27.2 Å². The standard InChI is InChI=1S/C88H88BrNO6P2/c1-13-52-39-56(17-5)77(57(18-6)40-52)73-48-64-31-25-28-34-69(64)81-82-70-35-29-26-32-65(70)49-74(78-58(19-7)41-53(14-2)42-59(78)20-8)86(82)94-97(91,93-85(73)81)90-98(92)95-87-75(79-60(21-9)43-54(15-3)44-61(79)22-10)50-66-33-27-30-36-71(66)83(87)84-72-38-37-68(89)47-67(72)51-76(88(84)96-98)80-62(23-11)45-55(16-4)46-63(80)24-12/h25-51H,13-24H2,1-12H3,(H,90,91,92). The Kier molecular flexibility index (Phi) is 18.5. The molecule has 0 aliphatic carbocycles. The minimum absolute atomic E-state index is 0.339. The molecule has 1 N–H and O–H groups in total. The zero-order valence-corrected chi connectivity index (χ0v) is 62.2. The maximum absolute atomic E-state index is 18.3. The second kappa shape index (κ2) is 27.1. The van der Waals surface area contributed by atoms with Gasteiger partial charge in [0.05, 0.1) is 0 Å². The largest absolute Gasteiger partial charge is 0.524 e. The fourth-order valence-electron chi connectivity index (χ4n) is 16.0. The van der Waals surface area contributed by atoms with Crippen molar-refractivity contribution in [3.8, 4) is 89.8 Å². The van der Waals surface area contributed by atoms with Crippen molar-refractivity contribution >= 4 is 74.5 Å². The quantitative estimate of drug-likeness (QED) is 0.0857. The summed E-state index contributed by atoms with van der Waals surface area (Å²) in [5, 5.41) is 7.40. The molecule has 0 fully saturated rings. The number of aryl methyl sites for hydroxylation is 12. The van der Waals surface area contributed by atoms with Crippen molar-refractivity contribution in [3.63, 3.8) is 0 Å². The fourth-order valence-corrected chi connectivity index (χ4v) is 20.0. The van der Waals surface area contributed by atoms with Gasteiger partial charge in [0.1, 0.15) is 23.0 Å². The number of hydrogen-bond acceptors (Lipinski definition) is 6. The topological polar surface area (TPSA) is 83.1 Å². The minimum atomic E-state index is -5.21. The molecular formula is C88H88BrNO6P2. The first-order valence-electron chi connectivity index (χ1n) is 35.9. The van der Waals surface area contributed by atoms with E-state index in [2.05, 4.69) is 268 Å². The Morgan fingerprint density at radius 2 is 0.510 bits per heavy atom. The van der Waals surface area contributed by atoms with E-state index in [1.54, 1.807) is 0 Å². The average Bonchev–Trinajstić information content (AvgIpc) is 1.44. The third-order valence-electron chi connectivity index (χ3n) is 20.9. The van der Waals surface area contributed by atoms with Crippen molar-refractivity contribution in [2.45, 2.75) is 160 Å². The molecule has 98 heavy (non-hydrogen) atoms. The molecule has 2 aliphatic heterocycles. The van der Waals surface area contributed by atoms with Gasteiger partial charge in [-0.05, 0) is 246 Å². The van der Waals surface area contributed by atoms with E-state index in [9.17, 15) is 0 Å². The SMILES string of the molecule is CCc1cc(CC)c(-c2cc3ccccc3c3c2OP(=O)(NP2(=O)Oc4c(-c5c(CC)cc(CC)cc5CC)cc5ccccc5c4-c4c(c(-c5c(CC)cc(CC)cc5CC)cc5cc(Br)ccc45)O2)Oc2c(-c4c(CC)cc(CC)cc4CC)cc4ccccc4c2-3)c(CC)c1. The van der Waals surface area contributed by atoms with Gasteiger partial charge in [0.25, 0.3) is 0 Å². The van der Waals surface area contributed by atoms with Crippen LogP contribution in [0.5, 0.6) is 23.0 Å². The summed E-state index contributed by atoms with van der Waals surface area (Å²) in [6.45, 7) is 26.4. The first-order chi connectivity index (χ1) is 47.6. The number of benzene rings is 12. The Morgan fingerprint density at radius 3 is 0.755 bits per heavy atom. The molecule has 0 aromatic heterocycles. The summed E-state index contributed by atoms with van der Waals surface area (Å²) >= 11 is 3.91. The van der Waals surface area contributed by atoms with Crippen LogP contribution in [0.15, 0.2) is 168 Å². The minimum Gasteiger partial charge on any atom is -0.403 e. The Labute approximate surface area is 587 Å². The van der Waals surface area contributed by atoms with E-state index in [0.29, 0.717) is 28.6 Å². The lowest BCUT2D eigenvalue weighted by molar-refractivity contribution is 0.359. The van der Waals surface area contributed by atoms with Crippen LogP contribution in [-0.2, 0) is 86.2 Å². The molecule has 0 amide bonds. The molecule has 0 spiro atoms. The second-order valence-corrected chi connectivity index (χ2v) is 30.8. The van der Waals surface area contributed by atoms with Crippen LogP contribution in [0.3, 0.4) is 0 Å². The molecule has 0 saturated carbocycles. The molecule has 1 unspecified atom stereocenters. The van der Waals surface area contributed by atoms with Crippen molar-refractivity contribution in [1.82, 2.24) is 4.86 Å². The maximum Gasteiger partial charge on any atom is 0.524 e. The van der Waals surface area contributed by atoms with Crippen molar-refractivity contribution in [3.05, 3.63) is 235 Å². The van der Waals surface area contributed by atoms with Crippen LogP contribution in [0, 0.1) is 0 Å². The lowest BCUT2D eigenvalue weighted by atomic mass is 9.82.